The van der Waals surface area contributed by atoms with Crippen LogP contribution in [0.15, 0.2) is 0 Å². The fraction of sp³-hybridized carbons (Fsp3) is 0. The van der Waals surface area contributed by atoms with E-state index in [1.165, 1.54) is 0 Å². The van der Waals surface area contributed by atoms with Crippen molar-refractivity contribution in [2.45, 2.75) is 0 Å². The minimum absolute atomic E-state index is 0. The van der Waals surface area contributed by atoms with E-state index in [0.717, 1.165) is 0 Å². The average Bonchev–Trinajstić information content (AvgIpc) is 0.722. The minimum Gasteiger partial charge on any atom is -0.870 e. The van der Waals surface area contributed by atoms with Crippen molar-refractivity contribution in [1.82, 2.24) is 0 Å². The summed E-state index contributed by atoms with van der Waals surface area (Å²) < 4.78 is 8.55. The van der Waals surface area contributed by atoms with Gasteiger partial charge in [-0.25, -0.2) is 0 Å². The Bertz CT molecular complexity index is 63.1. The van der Waals surface area contributed by atoms with Crippen LogP contribution < -0.4 is 14.7 Å². The molecule has 0 radical (unpaired) electrons. The van der Waals surface area contributed by atoms with Crippen LogP contribution in [-0.4, -0.2) is 83.6 Å². The van der Waals surface area contributed by atoms with Crippen LogP contribution in [0.2, 0.25) is 0 Å². The summed E-state index contributed by atoms with van der Waals surface area (Å²) in [5, 5.41) is 0. The summed E-state index contributed by atoms with van der Waals surface area (Å²) in [5.41, 5.74) is 0. The monoisotopic (exact) mass is 203 g/mol. The maximum absolute atomic E-state index is 8.55. The first-order valence-corrected chi connectivity index (χ1v) is 2.19. The maximum Gasteiger partial charge on any atom is 3.00 e. The average molecular weight is 203 g/mol. The Kier molecular flexibility index (Phi) is 44.0. The molecule has 0 fully saturated rings. The molecule has 1 N–H and O–H groups in total. The Balaban J connectivity index is -0.0000000133. The van der Waals surface area contributed by atoms with Crippen LogP contribution in [0.1, 0.15) is 0 Å². The third-order valence-electron chi connectivity index (χ3n) is 0. The van der Waals surface area contributed by atoms with Crippen molar-refractivity contribution in [1.29, 1.82) is 0 Å². The summed E-state index contributed by atoms with van der Waals surface area (Å²) in [6, 6.07) is 0. The Hall–Kier alpha value is 2.63. The van der Waals surface area contributed by atoms with E-state index in [-0.39, 0.29) is 83.6 Å². The van der Waals surface area contributed by atoms with Crippen LogP contribution in [-0.2, 0) is 4.57 Å². The summed E-state index contributed by atoms with van der Waals surface area (Å²) in [6.45, 7) is 0. The largest absolute Gasteiger partial charge is 3.00 e. The first-order valence-electron chi connectivity index (χ1n) is 0.730. The Morgan fingerprint density at radius 3 is 1.11 bits per heavy atom. The fourth-order valence-electron chi connectivity index (χ4n) is 0. The molecular weight excluding hydrogens is 202 g/mol. The summed E-state index contributed by atoms with van der Waals surface area (Å²) in [4.78, 5) is 25.6. The molecule has 5 nitrogen and oxygen atoms in total. The molecular formula is HAlCaMgO5P+3. The van der Waals surface area contributed by atoms with Crippen molar-refractivity contribution in [3.8, 4) is 0 Å². The molecule has 0 unspecified atom stereocenters. The summed E-state index contributed by atoms with van der Waals surface area (Å²) in [5.74, 6) is 0. The molecule has 0 heterocycles. The molecule has 0 aromatic heterocycles. The Labute approximate surface area is 109 Å². The molecule has 40 valence electrons. The first-order chi connectivity index (χ1) is 2.00. The van der Waals surface area contributed by atoms with Gasteiger partial charge in [-0.3, -0.25) is 0 Å². The van der Waals surface area contributed by atoms with Crippen molar-refractivity contribution in [3.05, 3.63) is 0 Å². The smallest absolute Gasteiger partial charge is 0.870 e. The van der Waals surface area contributed by atoms with Crippen LogP contribution in [0, 0.1) is 0 Å². The zero-order valence-electron chi connectivity index (χ0n) is 4.52. The summed E-state index contributed by atoms with van der Waals surface area (Å²) in [6.07, 6.45) is 0. The Morgan fingerprint density at radius 2 is 1.11 bits per heavy atom. The van der Waals surface area contributed by atoms with Crippen molar-refractivity contribution >= 4 is 86.0 Å². The molecule has 0 spiro atoms. The number of hydrogen-bond acceptors (Lipinski definition) is 5. The molecule has 0 atom stereocenters. The number of phosphoric acid groups is 1. The van der Waals surface area contributed by atoms with E-state index in [0.29, 0.717) is 0 Å². The normalized spacial score (nSPS) is 6.56. The van der Waals surface area contributed by atoms with Crippen LogP contribution in [0.4, 0.5) is 0 Å². The number of hydrogen-bond donors (Lipinski definition) is 0. The quantitative estimate of drug-likeness (QED) is 0.293. The second-order valence-corrected chi connectivity index (χ2v) is 1.34. The van der Waals surface area contributed by atoms with Gasteiger partial charge in [-0.2, -0.15) is 7.82 Å². The maximum atomic E-state index is 8.55. The van der Waals surface area contributed by atoms with Crippen molar-refractivity contribution in [3.63, 3.8) is 0 Å². The van der Waals surface area contributed by atoms with E-state index in [4.69, 9.17) is 19.2 Å². The predicted molar refractivity (Wildman–Crippen MR) is 26.8 cm³/mol. The minimum atomic E-state index is -5.39. The molecule has 0 aliphatic carbocycles. The fourth-order valence-corrected chi connectivity index (χ4v) is 0. The van der Waals surface area contributed by atoms with E-state index >= 15 is 0 Å². The predicted octanol–water partition coefficient (Wildman–Crippen LogP) is -4.14. The topological polar surface area (TPSA) is 116 Å². The molecule has 0 saturated heterocycles. The molecule has 0 aromatic rings. The number of rotatable bonds is 0. The van der Waals surface area contributed by atoms with Gasteiger partial charge in [-0.1, -0.05) is 0 Å². The van der Waals surface area contributed by atoms with Crippen molar-refractivity contribution in [2.24, 2.45) is 0 Å². The van der Waals surface area contributed by atoms with Gasteiger partial charge in [0.25, 0.3) is 0 Å². The molecule has 0 amide bonds. The molecule has 9 heteroatoms. The molecule has 0 aliphatic rings. The summed E-state index contributed by atoms with van der Waals surface area (Å²) >= 11 is 0. The van der Waals surface area contributed by atoms with E-state index in [1.54, 1.807) is 0 Å². The SMILES string of the molecule is O=P([O-])([O-])[O-].[Al+3].[Ca+2].[Mg+2].[OH-]. The van der Waals surface area contributed by atoms with Gasteiger partial charge in [0.1, 0.15) is 0 Å². The molecule has 0 aliphatic heterocycles. The van der Waals surface area contributed by atoms with Gasteiger partial charge in [-0.15, -0.1) is 0 Å². The van der Waals surface area contributed by atoms with Gasteiger partial charge in [-0.05, 0) is 0 Å². The molecule has 0 rings (SSSR count). The first kappa shape index (κ1) is 29.9. The standard InChI is InChI=1S/Al.Ca.Mg.H3O4P.H2O/c;;;1-5(2,3)4;/h;;;(H3,1,2,3,4);1H2/q+3;2*+2;;/p-4. The molecule has 0 aromatic carbocycles. The van der Waals surface area contributed by atoms with Gasteiger partial charge >= 0.3 is 78.2 Å². The second kappa shape index (κ2) is 13.2. The van der Waals surface area contributed by atoms with Gasteiger partial charge in [0.2, 0.25) is 0 Å². The van der Waals surface area contributed by atoms with Crippen LogP contribution in [0.3, 0.4) is 0 Å². The second-order valence-electron chi connectivity index (χ2n) is 0.447. The zero-order valence-corrected chi connectivity index (χ0v) is 10.2. The van der Waals surface area contributed by atoms with Gasteiger partial charge < -0.3 is 24.7 Å². The molecule has 0 saturated carbocycles. The Morgan fingerprint density at radius 1 is 1.11 bits per heavy atom. The van der Waals surface area contributed by atoms with E-state index in [9.17, 15) is 0 Å². The van der Waals surface area contributed by atoms with Crippen LogP contribution in [0.5, 0.6) is 0 Å². The van der Waals surface area contributed by atoms with E-state index < -0.39 is 7.82 Å². The van der Waals surface area contributed by atoms with Crippen molar-refractivity contribution < 1.29 is 24.7 Å². The third-order valence-corrected chi connectivity index (χ3v) is 0. The molecule has 9 heavy (non-hydrogen) atoms. The van der Waals surface area contributed by atoms with E-state index in [1.807, 2.05) is 0 Å². The van der Waals surface area contributed by atoms with Crippen LogP contribution in [0.25, 0.3) is 0 Å². The van der Waals surface area contributed by atoms with Crippen molar-refractivity contribution in [2.75, 3.05) is 0 Å². The van der Waals surface area contributed by atoms with E-state index in [2.05, 4.69) is 0 Å². The van der Waals surface area contributed by atoms with Gasteiger partial charge in [0.15, 0.2) is 0 Å². The van der Waals surface area contributed by atoms with Crippen LogP contribution >= 0.6 is 7.82 Å². The summed E-state index contributed by atoms with van der Waals surface area (Å²) in [7, 11) is -5.39. The zero-order chi connectivity index (χ0) is 4.50. The van der Waals surface area contributed by atoms with Gasteiger partial charge in [0.05, 0.1) is 0 Å². The third kappa shape index (κ3) is 115. The molecule has 0 bridgehead atoms. The van der Waals surface area contributed by atoms with Gasteiger partial charge in [0, 0.05) is 0 Å².